The molecule has 0 aliphatic carbocycles. The number of methoxy groups -OCH3 is 4. The maximum absolute atomic E-state index is 5.60. The first-order valence-corrected chi connectivity index (χ1v) is 8.27. The number of ether oxygens (including phenoxy) is 4. The first kappa shape index (κ1) is 17.4. The molecule has 0 unspecified atom stereocenters. The fraction of sp³-hybridized carbons (Fsp3) is 0.400. The van der Waals surface area contributed by atoms with Crippen molar-refractivity contribution in [1.82, 2.24) is 4.90 Å². The lowest BCUT2D eigenvalue weighted by atomic mass is 9.89. The summed E-state index contributed by atoms with van der Waals surface area (Å²) in [5.41, 5.74) is 3.69. The van der Waals surface area contributed by atoms with Crippen LogP contribution in [0.15, 0.2) is 30.3 Å². The van der Waals surface area contributed by atoms with Gasteiger partial charge in [-0.2, -0.15) is 0 Å². The van der Waals surface area contributed by atoms with Crippen LogP contribution in [0.25, 0.3) is 0 Å². The summed E-state index contributed by atoms with van der Waals surface area (Å²) in [6.07, 6.45) is 0.904. The molecule has 0 fully saturated rings. The largest absolute Gasteiger partial charge is 0.493 e. The fourth-order valence-electron chi connectivity index (χ4n) is 3.55. The van der Waals surface area contributed by atoms with Gasteiger partial charge in [0.15, 0.2) is 23.0 Å². The number of hydrogen-bond donors (Lipinski definition) is 0. The molecule has 5 heteroatoms. The van der Waals surface area contributed by atoms with Gasteiger partial charge in [0.25, 0.3) is 0 Å². The van der Waals surface area contributed by atoms with Crippen molar-refractivity contribution in [3.05, 3.63) is 47.0 Å². The Bertz CT molecular complexity index is 760. The minimum Gasteiger partial charge on any atom is -0.493 e. The number of likely N-dealkylation sites (N-methyl/N-ethyl adjacent to an activating group) is 1. The lowest BCUT2D eigenvalue weighted by Crippen LogP contribution is -2.31. The van der Waals surface area contributed by atoms with Gasteiger partial charge >= 0.3 is 0 Å². The first-order valence-electron chi connectivity index (χ1n) is 8.27. The van der Waals surface area contributed by atoms with Crippen LogP contribution in [0.4, 0.5) is 0 Å². The minimum absolute atomic E-state index is 0.269. The van der Waals surface area contributed by atoms with E-state index in [1.54, 1.807) is 28.4 Å². The zero-order chi connectivity index (χ0) is 18.0. The number of benzene rings is 2. The summed E-state index contributed by atoms with van der Waals surface area (Å²) < 4.78 is 21.8. The quantitative estimate of drug-likeness (QED) is 0.832. The van der Waals surface area contributed by atoms with Gasteiger partial charge in [0.05, 0.1) is 28.4 Å². The molecule has 2 aromatic carbocycles. The van der Waals surface area contributed by atoms with E-state index < -0.39 is 0 Å². The van der Waals surface area contributed by atoms with E-state index in [0.717, 1.165) is 36.0 Å². The molecule has 0 aromatic heterocycles. The molecule has 0 spiro atoms. The predicted molar refractivity (Wildman–Crippen MR) is 97.0 cm³/mol. The second kappa shape index (κ2) is 7.23. The Kier molecular flexibility index (Phi) is 5.04. The maximum Gasteiger partial charge on any atom is 0.165 e. The molecule has 1 atom stereocenters. The number of rotatable bonds is 5. The lowest BCUT2D eigenvalue weighted by molar-refractivity contribution is 0.211. The highest BCUT2D eigenvalue weighted by molar-refractivity contribution is 5.53. The van der Waals surface area contributed by atoms with Crippen LogP contribution in [0.1, 0.15) is 22.7 Å². The number of hydrogen-bond acceptors (Lipinski definition) is 5. The van der Waals surface area contributed by atoms with Gasteiger partial charge < -0.3 is 18.9 Å². The number of nitrogens with zero attached hydrogens (tertiary/aromatic N) is 1. The van der Waals surface area contributed by atoms with Crippen LogP contribution in [-0.4, -0.2) is 40.4 Å². The van der Waals surface area contributed by atoms with E-state index >= 15 is 0 Å². The summed E-state index contributed by atoms with van der Waals surface area (Å²) in [5.74, 6) is 3.11. The van der Waals surface area contributed by atoms with Crippen molar-refractivity contribution in [2.45, 2.75) is 19.0 Å². The Hall–Kier alpha value is -2.40. The molecule has 1 aliphatic heterocycles. The van der Waals surface area contributed by atoms with Crippen LogP contribution in [0.2, 0.25) is 0 Å². The summed E-state index contributed by atoms with van der Waals surface area (Å²) in [4.78, 5) is 2.32. The Labute approximate surface area is 149 Å². The predicted octanol–water partition coefficient (Wildman–Crippen LogP) is 3.45. The maximum atomic E-state index is 5.60. The molecule has 1 heterocycles. The fourth-order valence-corrected chi connectivity index (χ4v) is 3.55. The average Bonchev–Trinajstić information content (AvgIpc) is 2.65. The first-order chi connectivity index (χ1) is 12.1. The molecule has 0 amide bonds. The van der Waals surface area contributed by atoms with Gasteiger partial charge in [-0.3, -0.25) is 4.90 Å². The van der Waals surface area contributed by atoms with Crippen LogP contribution in [-0.2, 0) is 13.0 Å². The summed E-state index contributed by atoms with van der Waals surface area (Å²) in [6.45, 7) is 0.800. The highest BCUT2D eigenvalue weighted by atomic mass is 16.5. The molecular weight excluding hydrogens is 318 g/mol. The Morgan fingerprint density at radius 2 is 1.52 bits per heavy atom. The van der Waals surface area contributed by atoms with Gasteiger partial charge in [0.2, 0.25) is 0 Å². The second-order valence-corrected chi connectivity index (χ2v) is 6.19. The topological polar surface area (TPSA) is 40.2 Å². The molecule has 2 aromatic rings. The van der Waals surface area contributed by atoms with Gasteiger partial charge in [-0.1, -0.05) is 12.1 Å². The standard InChI is InChI=1S/C20H25NO4/c1-21-12-15-13(6-9-18(23-3)20(15)25-5)10-16(21)14-7-8-17(22-2)19(11-14)24-4/h6-9,11,16H,10,12H2,1-5H3/t16-/m1/s1. The smallest absolute Gasteiger partial charge is 0.165 e. The SMILES string of the molecule is COc1ccc([C@H]2Cc3ccc(OC)c(OC)c3CN2C)cc1OC. The van der Waals surface area contributed by atoms with Crippen molar-refractivity contribution < 1.29 is 18.9 Å². The van der Waals surface area contributed by atoms with Crippen LogP contribution < -0.4 is 18.9 Å². The third kappa shape index (κ3) is 3.12. The van der Waals surface area contributed by atoms with Gasteiger partial charge in [-0.05, 0) is 42.8 Å². The van der Waals surface area contributed by atoms with Crippen molar-refractivity contribution in [3.63, 3.8) is 0 Å². The zero-order valence-electron chi connectivity index (χ0n) is 15.5. The average molecular weight is 343 g/mol. The molecule has 25 heavy (non-hydrogen) atoms. The lowest BCUT2D eigenvalue weighted by Gasteiger charge is -2.35. The Balaban J connectivity index is 1.97. The van der Waals surface area contributed by atoms with E-state index in [1.165, 1.54) is 16.7 Å². The summed E-state index contributed by atoms with van der Waals surface area (Å²) in [7, 11) is 8.81. The Morgan fingerprint density at radius 3 is 2.16 bits per heavy atom. The Morgan fingerprint density at radius 1 is 0.840 bits per heavy atom. The molecule has 134 valence electrons. The molecule has 3 rings (SSSR count). The molecule has 0 N–H and O–H groups in total. The molecule has 5 nitrogen and oxygen atoms in total. The van der Waals surface area contributed by atoms with E-state index in [1.807, 2.05) is 12.1 Å². The van der Waals surface area contributed by atoms with Crippen molar-refractivity contribution in [2.24, 2.45) is 0 Å². The zero-order valence-corrected chi connectivity index (χ0v) is 15.5. The minimum atomic E-state index is 0.269. The molecule has 0 saturated heterocycles. The van der Waals surface area contributed by atoms with Crippen molar-refractivity contribution in [3.8, 4) is 23.0 Å². The third-order valence-electron chi connectivity index (χ3n) is 4.89. The van der Waals surface area contributed by atoms with Crippen molar-refractivity contribution in [1.29, 1.82) is 0 Å². The van der Waals surface area contributed by atoms with E-state index in [4.69, 9.17) is 18.9 Å². The molecule has 0 saturated carbocycles. The van der Waals surface area contributed by atoms with E-state index in [0.29, 0.717) is 0 Å². The molecule has 0 radical (unpaired) electrons. The van der Waals surface area contributed by atoms with Crippen molar-refractivity contribution in [2.75, 3.05) is 35.5 Å². The van der Waals surface area contributed by atoms with E-state index in [9.17, 15) is 0 Å². The highest BCUT2D eigenvalue weighted by Gasteiger charge is 2.28. The van der Waals surface area contributed by atoms with Gasteiger partial charge in [-0.15, -0.1) is 0 Å². The normalized spacial score (nSPS) is 16.9. The summed E-state index contributed by atoms with van der Waals surface area (Å²) in [5, 5.41) is 0. The van der Waals surface area contributed by atoms with E-state index in [2.05, 4.69) is 30.1 Å². The van der Waals surface area contributed by atoms with Crippen LogP contribution in [0.5, 0.6) is 23.0 Å². The molecular formula is C20H25NO4. The number of fused-ring (bicyclic) bond motifs is 1. The van der Waals surface area contributed by atoms with Gasteiger partial charge in [0, 0.05) is 18.2 Å². The van der Waals surface area contributed by atoms with Crippen molar-refractivity contribution >= 4 is 0 Å². The van der Waals surface area contributed by atoms with Gasteiger partial charge in [-0.25, -0.2) is 0 Å². The highest BCUT2D eigenvalue weighted by Crippen LogP contribution is 2.42. The van der Waals surface area contributed by atoms with Crippen LogP contribution in [0, 0.1) is 0 Å². The second-order valence-electron chi connectivity index (χ2n) is 6.19. The van der Waals surface area contributed by atoms with Gasteiger partial charge in [0.1, 0.15) is 0 Å². The third-order valence-corrected chi connectivity index (χ3v) is 4.89. The van der Waals surface area contributed by atoms with Crippen LogP contribution in [0.3, 0.4) is 0 Å². The monoisotopic (exact) mass is 343 g/mol. The summed E-state index contributed by atoms with van der Waals surface area (Å²) in [6, 6.07) is 10.5. The summed E-state index contributed by atoms with van der Waals surface area (Å²) >= 11 is 0. The molecule has 0 bridgehead atoms. The van der Waals surface area contributed by atoms with Crippen LogP contribution >= 0.6 is 0 Å². The molecule has 1 aliphatic rings. The van der Waals surface area contributed by atoms with E-state index in [-0.39, 0.29) is 6.04 Å².